The molecular weight excluding hydrogens is 496 g/mol. The average Bonchev–Trinajstić information content (AvgIpc) is 3.19. The molecule has 7 nitrogen and oxygen atoms in total. The van der Waals surface area contributed by atoms with Crippen molar-refractivity contribution in [2.45, 2.75) is 19.4 Å². The van der Waals surface area contributed by atoms with Crippen LogP contribution in [0.15, 0.2) is 84.9 Å². The number of benzene rings is 5. The third-order valence-electron chi connectivity index (χ3n) is 7.09. The van der Waals surface area contributed by atoms with Gasteiger partial charge >= 0.3 is 17.9 Å². The zero-order valence-electron chi connectivity index (χ0n) is 20.9. The fourth-order valence-electron chi connectivity index (χ4n) is 5.57. The Kier molecular flexibility index (Phi) is 4.81. The largest absolute Gasteiger partial charge is 0.456 e. The first-order valence-electron chi connectivity index (χ1n) is 12.4. The van der Waals surface area contributed by atoms with Crippen LogP contribution in [-0.2, 0) is 19.9 Å². The van der Waals surface area contributed by atoms with Gasteiger partial charge < -0.3 is 18.9 Å². The molecule has 0 aliphatic carbocycles. The molecule has 0 radical (unpaired) electrons. The number of ether oxygens (including phenoxy) is 4. The number of rotatable bonds is 2. The standard InChI is InChI=1S/C32H20O7/c1-17(33)36-23-9-7-19-13-27-29(15-21(19)11-23)38-30-16-22-12-24(37-18(2)34)10-8-20(22)14-28(30)32(27)26-6-4-3-5-25(26)31(35)39-32/h3-16H,1-2H3. The van der Waals surface area contributed by atoms with E-state index in [1.54, 1.807) is 30.3 Å². The first-order chi connectivity index (χ1) is 18.8. The lowest BCUT2D eigenvalue weighted by atomic mass is 9.76. The molecule has 5 aromatic carbocycles. The van der Waals surface area contributed by atoms with Gasteiger partial charge in [-0.15, -0.1) is 0 Å². The zero-order chi connectivity index (χ0) is 26.9. The topological polar surface area (TPSA) is 88.1 Å². The Morgan fingerprint density at radius 3 is 1.72 bits per heavy atom. The van der Waals surface area contributed by atoms with Gasteiger partial charge in [-0.2, -0.15) is 0 Å². The van der Waals surface area contributed by atoms with Gasteiger partial charge in [-0.25, -0.2) is 4.79 Å². The van der Waals surface area contributed by atoms with Crippen LogP contribution in [0.25, 0.3) is 21.5 Å². The molecule has 0 saturated heterocycles. The number of esters is 3. The molecule has 0 amide bonds. The molecule has 190 valence electrons. The van der Waals surface area contributed by atoms with Gasteiger partial charge in [0.1, 0.15) is 23.0 Å². The second-order valence-electron chi connectivity index (χ2n) is 9.62. The number of hydrogen-bond acceptors (Lipinski definition) is 7. The van der Waals surface area contributed by atoms with Gasteiger partial charge in [0.15, 0.2) is 5.60 Å². The monoisotopic (exact) mass is 516 g/mol. The Balaban J connectivity index is 1.50. The summed E-state index contributed by atoms with van der Waals surface area (Å²) in [5.74, 6) is 0.617. The molecule has 39 heavy (non-hydrogen) atoms. The van der Waals surface area contributed by atoms with E-state index in [2.05, 4.69) is 0 Å². The summed E-state index contributed by atoms with van der Waals surface area (Å²) in [6.07, 6.45) is 0. The summed E-state index contributed by atoms with van der Waals surface area (Å²) in [6.45, 7) is 2.70. The van der Waals surface area contributed by atoms with Crippen molar-refractivity contribution in [1.82, 2.24) is 0 Å². The smallest absolute Gasteiger partial charge is 0.340 e. The Hall–Kier alpha value is -5.17. The first-order valence-corrected chi connectivity index (χ1v) is 12.4. The van der Waals surface area contributed by atoms with Crippen molar-refractivity contribution in [1.29, 1.82) is 0 Å². The van der Waals surface area contributed by atoms with Crippen molar-refractivity contribution in [3.63, 3.8) is 0 Å². The third-order valence-corrected chi connectivity index (χ3v) is 7.09. The predicted molar refractivity (Wildman–Crippen MR) is 142 cm³/mol. The number of fused-ring (bicyclic) bond motifs is 8. The molecular formula is C32H20O7. The Labute approximate surface area is 222 Å². The lowest BCUT2D eigenvalue weighted by Gasteiger charge is -2.37. The molecule has 2 aliphatic heterocycles. The second kappa shape index (κ2) is 8.16. The van der Waals surface area contributed by atoms with Crippen LogP contribution in [-0.4, -0.2) is 17.9 Å². The van der Waals surface area contributed by atoms with Crippen LogP contribution in [0.2, 0.25) is 0 Å². The van der Waals surface area contributed by atoms with E-state index in [4.69, 9.17) is 18.9 Å². The molecule has 0 atom stereocenters. The molecule has 0 fully saturated rings. The van der Waals surface area contributed by atoms with Crippen LogP contribution in [0.3, 0.4) is 0 Å². The van der Waals surface area contributed by atoms with E-state index < -0.39 is 23.5 Å². The summed E-state index contributed by atoms with van der Waals surface area (Å²) >= 11 is 0. The maximum absolute atomic E-state index is 13.2. The first kappa shape index (κ1) is 23.0. The molecule has 1 spiro atoms. The number of carbonyl (C=O) groups is 3. The molecule has 0 N–H and O–H groups in total. The maximum Gasteiger partial charge on any atom is 0.340 e. The number of hydrogen-bond donors (Lipinski definition) is 0. The number of carbonyl (C=O) groups excluding carboxylic acids is 3. The predicted octanol–water partition coefficient (Wildman–Crippen LogP) is 6.41. The minimum Gasteiger partial charge on any atom is -0.456 e. The maximum atomic E-state index is 13.2. The molecule has 5 aromatic rings. The van der Waals surface area contributed by atoms with Crippen molar-refractivity contribution >= 4 is 39.5 Å². The van der Waals surface area contributed by atoms with Crippen molar-refractivity contribution < 1.29 is 33.3 Å². The third kappa shape index (κ3) is 3.47. The molecule has 2 heterocycles. The van der Waals surface area contributed by atoms with Crippen LogP contribution in [0, 0.1) is 0 Å². The van der Waals surface area contributed by atoms with Gasteiger partial charge in [0.25, 0.3) is 0 Å². The Morgan fingerprint density at radius 2 is 1.18 bits per heavy atom. The molecule has 0 unspecified atom stereocenters. The van der Waals surface area contributed by atoms with Crippen molar-refractivity contribution in [2.75, 3.05) is 0 Å². The molecule has 0 saturated carbocycles. The summed E-state index contributed by atoms with van der Waals surface area (Å²) < 4.78 is 23.3. The van der Waals surface area contributed by atoms with E-state index in [0.717, 1.165) is 27.1 Å². The summed E-state index contributed by atoms with van der Waals surface area (Å²) in [4.78, 5) is 36.2. The minimum atomic E-state index is -1.23. The van der Waals surface area contributed by atoms with Gasteiger partial charge in [0.05, 0.1) is 5.56 Å². The van der Waals surface area contributed by atoms with E-state index in [1.807, 2.05) is 54.6 Å². The normalized spacial score (nSPS) is 14.3. The SMILES string of the molecule is CC(=O)Oc1ccc2cc3c(cc2c1)Oc1cc2cc(OC(C)=O)ccc2cc1C31OC(=O)c2ccccc21. The fourth-order valence-corrected chi connectivity index (χ4v) is 5.57. The van der Waals surface area contributed by atoms with Gasteiger partial charge in [-0.05, 0) is 76.1 Å². The molecule has 7 heteroatoms. The molecule has 7 rings (SSSR count). The fraction of sp³-hybridized carbons (Fsp3) is 0.0938. The van der Waals surface area contributed by atoms with E-state index in [0.29, 0.717) is 39.7 Å². The van der Waals surface area contributed by atoms with Crippen LogP contribution in [0.1, 0.15) is 40.9 Å². The average molecular weight is 517 g/mol. The van der Waals surface area contributed by atoms with Gasteiger partial charge in [0, 0.05) is 30.5 Å². The summed E-state index contributed by atoms with van der Waals surface area (Å²) in [5.41, 5.74) is 1.37. The zero-order valence-corrected chi connectivity index (χ0v) is 20.9. The van der Waals surface area contributed by atoms with E-state index in [-0.39, 0.29) is 0 Å². The van der Waals surface area contributed by atoms with Gasteiger partial charge in [-0.3, -0.25) is 9.59 Å². The summed E-state index contributed by atoms with van der Waals surface area (Å²) in [7, 11) is 0. The van der Waals surface area contributed by atoms with Gasteiger partial charge in [0.2, 0.25) is 0 Å². The highest BCUT2D eigenvalue weighted by Gasteiger charge is 2.53. The van der Waals surface area contributed by atoms with Crippen LogP contribution >= 0.6 is 0 Å². The summed E-state index contributed by atoms with van der Waals surface area (Å²) in [5, 5.41) is 3.31. The van der Waals surface area contributed by atoms with Crippen molar-refractivity contribution in [3.05, 3.63) is 107 Å². The van der Waals surface area contributed by atoms with Crippen molar-refractivity contribution in [3.8, 4) is 23.0 Å². The molecule has 2 aliphatic rings. The lowest BCUT2D eigenvalue weighted by Crippen LogP contribution is -2.33. The van der Waals surface area contributed by atoms with E-state index >= 15 is 0 Å². The lowest BCUT2D eigenvalue weighted by molar-refractivity contribution is -0.132. The second-order valence-corrected chi connectivity index (χ2v) is 9.62. The van der Waals surface area contributed by atoms with Gasteiger partial charge in [-0.1, -0.05) is 30.3 Å². The summed E-state index contributed by atoms with van der Waals surface area (Å²) in [6, 6.07) is 25.7. The minimum absolute atomic E-state index is 0.411. The quantitative estimate of drug-likeness (QED) is 0.198. The van der Waals surface area contributed by atoms with Crippen LogP contribution < -0.4 is 14.2 Å². The van der Waals surface area contributed by atoms with E-state index in [9.17, 15) is 14.4 Å². The van der Waals surface area contributed by atoms with Crippen LogP contribution in [0.5, 0.6) is 23.0 Å². The molecule has 0 bridgehead atoms. The highest BCUT2D eigenvalue weighted by molar-refractivity contribution is 5.99. The molecule has 0 aromatic heterocycles. The van der Waals surface area contributed by atoms with E-state index in [1.165, 1.54) is 13.8 Å². The highest BCUT2D eigenvalue weighted by Crippen LogP contribution is 2.57. The Morgan fingerprint density at radius 1 is 0.641 bits per heavy atom. The Bertz CT molecular complexity index is 1800. The highest BCUT2D eigenvalue weighted by atomic mass is 16.6. The van der Waals surface area contributed by atoms with Crippen molar-refractivity contribution in [2.24, 2.45) is 0 Å². The van der Waals surface area contributed by atoms with Crippen LogP contribution in [0.4, 0.5) is 0 Å².